The van der Waals surface area contributed by atoms with Gasteiger partial charge in [0.2, 0.25) is 0 Å². The average molecular weight is 332 g/mol. The zero-order valence-corrected chi connectivity index (χ0v) is 14.3. The van der Waals surface area contributed by atoms with Crippen LogP contribution in [0.1, 0.15) is 31.9 Å². The van der Waals surface area contributed by atoms with E-state index in [1.807, 2.05) is 12.3 Å². The molecule has 1 aromatic heterocycles. The van der Waals surface area contributed by atoms with E-state index in [0.29, 0.717) is 24.1 Å². The van der Waals surface area contributed by atoms with Gasteiger partial charge in [-0.1, -0.05) is 6.92 Å². The molecule has 0 aromatic carbocycles. The van der Waals surface area contributed by atoms with E-state index in [-0.39, 0.29) is 0 Å². The maximum atomic E-state index is 12.3. The minimum atomic E-state index is -3.46. The Morgan fingerprint density at radius 1 is 1.43 bits per heavy atom. The summed E-state index contributed by atoms with van der Waals surface area (Å²) in [5.41, 5.74) is 0.832. The predicted molar refractivity (Wildman–Crippen MR) is 86.9 cm³/mol. The fraction of sp³-hybridized carbons (Fsp3) is 0.769. The highest BCUT2D eigenvalue weighted by molar-refractivity contribution is 7.90. The Morgan fingerprint density at radius 2 is 2.14 bits per heavy atom. The van der Waals surface area contributed by atoms with E-state index in [0.717, 1.165) is 38.0 Å². The van der Waals surface area contributed by atoms with Gasteiger partial charge in [0.15, 0.2) is 5.13 Å². The Balaban J connectivity index is 1.83. The second kappa shape index (κ2) is 7.53. The first-order valence-electron chi connectivity index (χ1n) is 7.42. The van der Waals surface area contributed by atoms with Crippen molar-refractivity contribution in [1.29, 1.82) is 0 Å². The lowest BCUT2D eigenvalue weighted by Crippen LogP contribution is -2.43. The minimum absolute atomic E-state index is 0.444. The van der Waals surface area contributed by atoms with Crippen molar-refractivity contribution in [3.05, 3.63) is 11.1 Å². The SMILES string of the molecule is CCCNCC1CCN(S(=O)(=O)Nc2nc(C)cs2)CC1. The standard InChI is InChI=1S/C13H24N4O2S2/c1-3-6-14-9-12-4-7-17(8-5-12)21(18,19)16-13-15-11(2)10-20-13/h10,12,14H,3-9H2,1-2H3,(H,15,16). The molecular weight excluding hydrogens is 308 g/mol. The van der Waals surface area contributed by atoms with Crippen LogP contribution in [0, 0.1) is 12.8 Å². The van der Waals surface area contributed by atoms with Crippen molar-refractivity contribution < 1.29 is 8.42 Å². The Kier molecular flexibility index (Phi) is 5.98. The maximum Gasteiger partial charge on any atom is 0.303 e. The molecule has 0 amide bonds. The Labute approximate surface area is 131 Å². The molecule has 0 atom stereocenters. The van der Waals surface area contributed by atoms with Crippen molar-refractivity contribution in [2.75, 3.05) is 30.9 Å². The second-order valence-corrected chi connectivity index (χ2v) is 7.98. The molecule has 120 valence electrons. The van der Waals surface area contributed by atoms with Crippen LogP contribution in [-0.4, -0.2) is 43.9 Å². The average Bonchev–Trinajstić information content (AvgIpc) is 2.84. The Morgan fingerprint density at radius 3 is 2.71 bits per heavy atom. The molecule has 1 fully saturated rings. The minimum Gasteiger partial charge on any atom is -0.316 e. The number of nitrogens with one attached hydrogen (secondary N) is 2. The summed E-state index contributed by atoms with van der Waals surface area (Å²) in [5, 5.41) is 5.69. The van der Waals surface area contributed by atoms with Crippen molar-refractivity contribution >= 4 is 26.7 Å². The third-order valence-electron chi connectivity index (χ3n) is 3.61. The van der Waals surface area contributed by atoms with Gasteiger partial charge in [0.05, 0.1) is 5.69 Å². The van der Waals surface area contributed by atoms with Crippen LogP contribution in [0.3, 0.4) is 0 Å². The predicted octanol–water partition coefficient (Wildman–Crippen LogP) is 1.82. The van der Waals surface area contributed by atoms with Gasteiger partial charge in [-0.05, 0) is 45.2 Å². The molecule has 8 heteroatoms. The molecule has 0 spiro atoms. The maximum absolute atomic E-state index is 12.3. The van der Waals surface area contributed by atoms with Crippen molar-refractivity contribution in [3.63, 3.8) is 0 Å². The molecule has 21 heavy (non-hydrogen) atoms. The number of hydrogen-bond acceptors (Lipinski definition) is 5. The summed E-state index contributed by atoms with van der Waals surface area (Å²) in [6, 6.07) is 0. The van der Waals surface area contributed by atoms with Crippen molar-refractivity contribution in [1.82, 2.24) is 14.6 Å². The van der Waals surface area contributed by atoms with Gasteiger partial charge in [0.1, 0.15) is 0 Å². The summed E-state index contributed by atoms with van der Waals surface area (Å²) in [7, 11) is -3.46. The van der Waals surface area contributed by atoms with E-state index in [1.54, 1.807) is 0 Å². The fourth-order valence-corrected chi connectivity index (χ4v) is 4.54. The quantitative estimate of drug-likeness (QED) is 0.747. The number of anilines is 1. The van der Waals surface area contributed by atoms with Crippen LogP contribution in [0.4, 0.5) is 5.13 Å². The summed E-state index contributed by atoms with van der Waals surface area (Å²) >= 11 is 1.32. The van der Waals surface area contributed by atoms with Gasteiger partial charge in [-0.2, -0.15) is 12.7 Å². The molecule has 2 heterocycles. The highest BCUT2D eigenvalue weighted by atomic mass is 32.2. The zero-order valence-electron chi connectivity index (χ0n) is 12.6. The molecule has 0 saturated carbocycles. The van der Waals surface area contributed by atoms with Crippen molar-refractivity contribution in [3.8, 4) is 0 Å². The first kappa shape index (κ1) is 16.7. The molecule has 2 rings (SSSR count). The number of thiazole rings is 1. The van der Waals surface area contributed by atoms with Crippen LogP contribution in [-0.2, 0) is 10.2 Å². The molecule has 0 unspecified atom stereocenters. The van der Waals surface area contributed by atoms with Gasteiger partial charge in [-0.3, -0.25) is 0 Å². The number of hydrogen-bond donors (Lipinski definition) is 2. The van der Waals surface area contributed by atoms with Crippen LogP contribution >= 0.6 is 11.3 Å². The molecule has 1 saturated heterocycles. The Bertz CT molecular complexity index is 536. The van der Waals surface area contributed by atoms with Gasteiger partial charge in [0, 0.05) is 18.5 Å². The van der Waals surface area contributed by atoms with Crippen LogP contribution in [0.5, 0.6) is 0 Å². The number of nitrogens with zero attached hydrogens (tertiary/aromatic N) is 2. The topological polar surface area (TPSA) is 74.3 Å². The van der Waals surface area contributed by atoms with Crippen LogP contribution in [0.15, 0.2) is 5.38 Å². The molecule has 1 aromatic rings. The van der Waals surface area contributed by atoms with Gasteiger partial charge in [-0.25, -0.2) is 9.71 Å². The van der Waals surface area contributed by atoms with Gasteiger partial charge in [-0.15, -0.1) is 11.3 Å². The summed E-state index contributed by atoms with van der Waals surface area (Å²) in [4.78, 5) is 4.15. The molecule has 0 aliphatic carbocycles. The van der Waals surface area contributed by atoms with Gasteiger partial charge >= 0.3 is 10.2 Å². The second-order valence-electron chi connectivity index (χ2n) is 5.45. The lowest BCUT2D eigenvalue weighted by Gasteiger charge is -2.31. The van der Waals surface area contributed by atoms with Gasteiger partial charge in [0.25, 0.3) is 0 Å². The number of rotatable bonds is 7. The Hall–Kier alpha value is -0.700. The van der Waals surface area contributed by atoms with E-state index < -0.39 is 10.2 Å². The first-order valence-corrected chi connectivity index (χ1v) is 9.74. The molecule has 0 radical (unpaired) electrons. The summed E-state index contributed by atoms with van der Waals surface area (Å²) in [5.74, 6) is 0.574. The summed E-state index contributed by atoms with van der Waals surface area (Å²) in [6.45, 7) is 7.18. The lowest BCUT2D eigenvalue weighted by molar-refractivity contribution is 0.269. The van der Waals surface area contributed by atoms with E-state index in [4.69, 9.17) is 0 Å². The third kappa shape index (κ3) is 4.91. The first-order chi connectivity index (χ1) is 10.0. The third-order valence-corrected chi connectivity index (χ3v) is 6.11. The van der Waals surface area contributed by atoms with E-state index in [1.165, 1.54) is 15.6 Å². The lowest BCUT2D eigenvalue weighted by atomic mass is 9.98. The van der Waals surface area contributed by atoms with Gasteiger partial charge < -0.3 is 5.32 Å². The molecule has 1 aliphatic heterocycles. The normalized spacial score (nSPS) is 18.0. The van der Waals surface area contributed by atoms with Crippen molar-refractivity contribution in [2.24, 2.45) is 5.92 Å². The largest absolute Gasteiger partial charge is 0.316 e. The highest BCUT2D eigenvalue weighted by Gasteiger charge is 2.28. The fourth-order valence-electron chi connectivity index (χ4n) is 2.41. The number of piperidine rings is 1. The highest BCUT2D eigenvalue weighted by Crippen LogP contribution is 2.22. The number of aromatic nitrogens is 1. The molecule has 0 bridgehead atoms. The van der Waals surface area contributed by atoms with E-state index in [9.17, 15) is 8.42 Å². The zero-order chi connectivity index (χ0) is 15.3. The number of aryl methyl sites for hydroxylation is 1. The van der Waals surface area contributed by atoms with Crippen LogP contribution < -0.4 is 10.0 Å². The van der Waals surface area contributed by atoms with E-state index in [2.05, 4.69) is 21.9 Å². The van der Waals surface area contributed by atoms with Crippen molar-refractivity contribution in [2.45, 2.75) is 33.1 Å². The summed E-state index contributed by atoms with van der Waals surface area (Å²) < 4.78 is 28.7. The van der Waals surface area contributed by atoms with Crippen LogP contribution in [0.25, 0.3) is 0 Å². The summed E-state index contributed by atoms with van der Waals surface area (Å²) in [6.07, 6.45) is 2.95. The van der Waals surface area contributed by atoms with E-state index >= 15 is 0 Å². The molecule has 2 N–H and O–H groups in total. The monoisotopic (exact) mass is 332 g/mol. The smallest absolute Gasteiger partial charge is 0.303 e. The van der Waals surface area contributed by atoms with Crippen LogP contribution in [0.2, 0.25) is 0 Å². The molecule has 6 nitrogen and oxygen atoms in total. The molecular formula is C13H24N4O2S2. The molecule has 1 aliphatic rings.